The topological polar surface area (TPSA) is 196 Å². The van der Waals surface area contributed by atoms with Gasteiger partial charge in [-0.15, -0.1) is 0 Å². The molecule has 0 radical (unpaired) electrons. The van der Waals surface area contributed by atoms with Crippen molar-refractivity contribution in [3.05, 3.63) is 33.9 Å². The lowest BCUT2D eigenvalue weighted by Gasteiger charge is -2.15. The summed E-state index contributed by atoms with van der Waals surface area (Å²) in [6.45, 7) is -0.00463. The van der Waals surface area contributed by atoms with E-state index in [0.29, 0.717) is 12.3 Å². The van der Waals surface area contributed by atoms with Gasteiger partial charge in [-0.2, -0.15) is 0 Å². The molecule has 10 heteroatoms. The monoisotopic (exact) mass is 370 g/mol. The number of hydrogen-bond acceptors (Lipinski definition) is 8. The Morgan fingerprint density at radius 1 is 1.35 bits per heavy atom. The van der Waals surface area contributed by atoms with Crippen molar-refractivity contribution in [1.82, 2.24) is 0 Å². The lowest BCUT2D eigenvalue weighted by molar-refractivity contribution is -0.385. The fourth-order valence-electron chi connectivity index (χ4n) is 2.00. The van der Waals surface area contributed by atoms with Crippen molar-refractivity contribution >= 4 is 17.9 Å². The van der Waals surface area contributed by atoms with E-state index in [1.54, 1.807) is 0 Å². The molecule has 0 amide bonds. The van der Waals surface area contributed by atoms with Crippen molar-refractivity contribution in [2.75, 3.05) is 6.54 Å². The number of carbonyl (C=O) groups excluding carboxylic acids is 1. The zero-order valence-corrected chi connectivity index (χ0v) is 14.4. The minimum atomic E-state index is -1.05. The highest BCUT2D eigenvalue weighted by molar-refractivity contribution is 5.76. The molecule has 26 heavy (non-hydrogen) atoms. The molecule has 0 bridgehead atoms. The maximum Gasteiger partial charge on any atom is 0.321 e. The third kappa shape index (κ3) is 9.67. The van der Waals surface area contributed by atoms with Crippen molar-refractivity contribution in [2.45, 2.75) is 44.2 Å². The van der Waals surface area contributed by atoms with Gasteiger partial charge in [-0.1, -0.05) is 19.3 Å². The second-order valence-corrected chi connectivity index (χ2v) is 5.70. The summed E-state index contributed by atoms with van der Waals surface area (Å²) in [4.78, 5) is 29.3. The summed E-state index contributed by atoms with van der Waals surface area (Å²) in [5.74, 6) is -1.55. The molecule has 0 aromatic heterocycles. The van der Waals surface area contributed by atoms with Crippen molar-refractivity contribution < 1.29 is 24.7 Å². The Labute approximate surface area is 151 Å². The van der Waals surface area contributed by atoms with Gasteiger partial charge in [-0.3, -0.25) is 19.7 Å². The number of carboxylic acids is 1. The largest absolute Gasteiger partial charge is 0.502 e. The predicted molar refractivity (Wildman–Crippen MR) is 95.9 cm³/mol. The van der Waals surface area contributed by atoms with Gasteiger partial charge < -0.3 is 27.4 Å². The van der Waals surface area contributed by atoms with Crippen LogP contribution in [0.5, 0.6) is 5.75 Å². The Morgan fingerprint density at radius 3 is 2.19 bits per heavy atom. The van der Waals surface area contributed by atoms with Crippen LogP contribution in [-0.2, 0) is 4.79 Å². The number of carbonyl (C=O) groups is 2. The van der Waals surface area contributed by atoms with E-state index in [-0.39, 0.29) is 12.1 Å². The smallest absolute Gasteiger partial charge is 0.321 e. The third-order valence-electron chi connectivity index (χ3n) is 3.55. The maximum atomic E-state index is 10.2. The predicted octanol–water partition coefficient (Wildman–Crippen LogP) is 0.748. The number of phenols is 1. The van der Waals surface area contributed by atoms with Crippen LogP contribution < -0.4 is 17.2 Å². The summed E-state index contributed by atoms with van der Waals surface area (Å²) in [5.41, 5.74) is 15.2. The number of aldehydes is 1. The Bertz CT molecular complexity index is 590. The highest BCUT2D eigenvalue weighted by Gasteiger charge is 2.12. The quantitative estimate of drug-likeness (QED) is 0.288. The van der Waals surface area contributed by atoms with Gasteiger partial charge in [0.1, 0.15) is 12.3 Å². The summed E-state index contributed by atoms with van der Waals surface area (Å²) >= 11 is 0. The minimum absolute atomic E-state index is 0.00463. The lowest BCUT2D eigenvalue weighted by Crippen LogP contribution is -2.37. The number of carboxylic acid groups (broad SMARTS) is 1. The SMILES string of the molecule is NC1CCCCC1.NCC(N)C(=O)O.O=Cc1ccc([N+](=O)[O-])c(O)c1. The Morgan fingerprint density at radius 2 is 1.92 bits per heavy atom. The fraction of sp³-hybridized carbons (Fsp3) is 0.500. The molecular weight excluding hydrogens is 344 g/mol. The number of aliphatic carboxylic acids is 1. The molecule has 1 saturated carbocycles. The zero-order valence-electron chi connectivity index (χ0n) is 14.4. The van der Waals surface area contributed by atoms with E-state index >= 15 is 0 Å². The van der Waals surface area contributed by atoms with Gasteiger partial charge in [0.25, 0.3) is 0 Å². The summed E-state index contributed by atoms with van der Waals surface area (Å²) in [5, 5.41) is 27.1. The molecule has 1 aliphatic carbocycles. The van der Waals surface area contributed by atoms with Crippen LogP contribution in [0.2, 0.25) is 0 Å². The Hall–Kier alpha value is -2.56. The van der Waals surface area contributed by atoms with Crippen molar-refractivity contribution in [3.63, 3.8) is 0 Å². The number of nitrogens with zero attached hydrogens (tertiary/aromatic N) is 1. The Kier molecular flexibility index (Phi) is 11.5. The third-order valence-corrected chi connectivity index (χ3v) is 3.55. The number of nitro groups is 1. The molecule has 1 aliphatic rings. The molecule has 1 atom stereocenters. The second kappa shape index (κ2) is 12.8. The van der Waals surface area contributed by atoms with Crippen LogP contribution in [0.4, 0.5) is 5.69 Å². The highest BCUT2D eigenvalue weighted by Crippen LogP contribution is 2.25. The van der Waals surface area contributed by atoms with Crippen molar-refractivity contribution in [3.8, 4) is 5.75 Å². The van der Waals surface area contributed by atoms with Crippen LogP contribution >= 0.6 is 0 Å². The summed E-state index contributed by atoms with van der Waals surface area (Å²) < 4.78 is 0. The summed E-state index contributed by atoms with van der Waals surface area (Å²) in [6, 6.07) is 3.03. The molecule has 0 heterocycles. The number of phenolic OH excluding ortho intramolecular Hbond substituents is 1. The minimum Gasteiger partial charge on any atom is -0.502 e. The first-order valence-corrected chi connectivity index (χ1v) is 8.09. The molecule has 8 N–H and O–H groups in total. The number of rotatable bonds is 4. The second-order valence-electron chi connectivity index (χ2n) is 5.70. The van der Waals surface area contributed by atoms with Crippen LogP contribution in [-0.4, -0.2) is 46.0 Å². The average molecular weight is 370 g/mol. The normalized spacial score (nSPS) is 14.7. The number of nitro benzene ring substituents is 1. The summed E-state index contributed by atoms with van der Waals surface area (Å²) in [6.07, 6.45) is 7.17. The molecule has 0 saturated heterocycles. The molecule has 1 aromatic carbocycles. The lowest BCUT2D eigenvalue weighted by atomic mass is 9.97. The van der Waals surface area contributed by atoms with Gasteiger partial charge in [0, 0.05) is 24.2 Å². The average Bonchev–Trinajstić information content (AvgIpc) is 2.62. The number of benzene rings is 1. The van der Waals surface area contributed by atoms with Crippen LogP contribution in [0.3, 0.4) is 0 Å². The van der Waals surface area contributed by atoms with Gasteiger partial charge in [0.2, 0.25) is 0 Å². The van der Waals surface area contributed by atoms with Crippen LogP contribution in [0, 0.1) is 10.1 Å². The van der Waals surface area contributed by atoms with Gasteiger partial charge in [-0.05, 0) is 25.0 Å². The number of aromatic hydroxyl groups is 1. The van der Waals surface area contributed by atoms with E-state index in [0.717, 1.165) is 12.1 Å². The van der Waals surface area contributed by atoms with Crippen LogP contribution in [0.15, 0.2) is 18.2 Å². The standard InChI is InChI=1S/C7H5NO4.C6H13N.C3H8N2O2/c9-4-5-1-2-6(8(11)12)7(10)3-5;7-6-4-2-1-3-5-6;4-1-2(5)3(6)7/h1-4,10H;6H,1-5,7H2;2H,1,4-5H2,(H,6,7). The van der Waals surface area contributed by atoms with Gasteiger partial charge >= 0.3 is 11.7 Å². The number of nitrogens with two attached hydrogens (primary N) is 3. The molecule has 0 spiro atoms. The van der Waals surface area contributed by atoms with E-state index in [2.05, 4.69) is 0 Å². The van der Waals surface area contributed by atoms with E-state index < -0.39 is 28.4 Å². The first kappa shape index (κ1) is 23.4. The van der Waals surface area contributed by atoms with Crippen molar-refractivity contribution in [1.29, 1.82) is 0 Å². The summed E-state index contributed by atoms with van der Waals surface area (Å²) in [7, 11) is 0. The maximum absolute atomic E-state index is 10.2. The number of hydrogen-bond donors (Lipinski definition) is 5. The molecule has 1 fully saturated rings. The van der Waals surface area contributed by atoms with E-state index in [1.807, 2.05) is 0 Å². The molecule has 2 rings (SSSR count). The molecule has 146 valence electrons. The molecule has 0 aliphatic heterocycles. The van der Waals surface area contributed by atoms with Crippen LogP contribution in [0.1, 0.15) is 42.5 Å². The van der Waals surface area contributed by atoms with Gasteiger partial charge in [-0.25, -0.2) is 0 Å². The molecule has 1 unspecified atom stereocenters. The van der Waals surface area contributed by atoms with Crippen molar-refractivity contribution in [2.24, 2.45) is 17.2 Å². The first-order chi connectivity index (χ1) is 12.2. The van der Waals surface area contributed by atoms with E-state index in [1.165, 1.54) is 38.2 Å². The van der Waals surface area contributed by atoms with Gasteiger partial charge in [0.15, 0.2) is 5.75 Å². The highest BCUT2D eigenvalue weighted by atomic mass is 16.6. The molecule has 10 nitrogen and oxygen atoms in total. The van der Waals surface area contributed by atoms with E-state index in [4.69, 9.17) is 27.4 Å². The van der Waals surface area contributed by atoms with E-state index in [9.17, 15) is 19.7 Å². The fourth-order valence-corrected chi connectivity index (χ4v) is 2.00. The first-order valence-electron chi connectivity index (χ1n) is 8.09. The van der Waals surface area contributed by atoms with Gasteiger partial charge in [0.05, 0.1) is 4.92 Å². The zero-order chi connectivity index (χ0) is 20.1. The van der Waals surface area contributed by atoms with Crippen LogP contribution in [0.25, 0.3) is 0 Å². The molecular formula is C16H26N4O6. The molecule has 1 aromatic rings. The Balaban J connectivity index is 0.000000385.